The van der Waals surface area contributed by atoms with Crippen molar-refractivity contribution in [3.05, 3.63) is 29.6 Å². The van der Waals surface area contributed by atoms with Crippen molar-refractivity contribution in [3.63, 3.8) is 0 Å². The number of hydrogen-bond donors (Lipinski definition) is 1. The molecular formula is C10H8FNO2. The Labute approximate surface area is 80.7 Å². The number of anilines is 1. The molecule has 0 aliphatic heterocycles. The lowest BCUT2D eigenvalue weighted by molar-refractivity contribution is 0.0556. The first kappa shape index (κ1) is 10.1. The number of rotatable bonds is 2. The van der Waals surface area contributed by atoms with Gasteiger partial charge in [0.05, 0.1) is 11.3 Å². The smallest absolute Gasteiger partial charge is 0.339 e. The van der Waals surface area contributed by atoms with Gasteiger partial charge in [-0.15, -0.1) is 6.42 Å². The topological polar surface area (TPSA) is 52.3 Å². The van der Waals surface area contributed by atoms with Crippen molar-refractivity contribution in [2.24, 2.45) is 0 Å². The number of esters is 1. The van der Waals surface area contributed by atoms with Crippen LogP contribution in [0.1, 0.15) is 10.4 Å². The Morgan fingerprint density at radius 3 is 2.93 bits per heavy atom. The van der Waals surface area contributed by atoms with Crippen LogP contribution < -0.4 is 5.73 Å². The average molecular weight is 193 g/mol. The molecule has 3 nitrogen and oxygen atoms in total. The summed E-state index contributed by atoms with van der Waals surface area (Å²) in [6.07, 6.45) is 4.89. The van der Waals surface area contributed by atoms with Crippen molar-refractivity contribution in [2.45, 2.75) is 0 Å². The molecule has 0 fully saturated rings. The van der Waals surface area contributed by atoms with Crippen LogP contribution in [0.15, 0.2) is 18.2 Å². The van der Waals surface area contributed by atoms with Gasteiger partial charge in [0.1, 0.15) is 5.82 Å². The van der Waals surface area contributed by atoms with Crippen LogP contribution in [0.2, 0.25) is 0 Å². The van der Waals surface area contributed by atoms with Crippen LogP contribution in [0.3, 0.4) is 0 Å². The first-order valence-corrected chi connectivity index (χ1v) is 3.80. The van der Waals surface area contributed by atoms with Crippen molar-refractivity contribution in [2.75, 3.05) is 12.3 Å². The maximum Gasteiger partial charge on any atom is 0.339 e. The standard InChI is InChI=1S/C10H8FNO2/c1-2-5-14-10(13)7-3-4-9(12)8(11)6-7/h1,3-4,6H,5,12H2. The molecule has 1 aromatic rings. The molecule has 0 saturated heterocycles. The Morgan fingerprint density at radius 1 is 1.64 bits per heavy atom. The fourth-order valence-corrected chi connectivity index (χ4v) is 0.845. The van der Waals surface area contributed by atoms with E-state index in [1.165, 1.54) is 12.1 Å². The monoisotopic (exact) mass is 193 g/mol. The molecule has 0 aliphatic rings. The number of terminal acetylenes is 1. The van der Waals surface area contributed by atoms with E-state index in [1.807, 2.05) is 0 Å². The highest BCUT2D eigenvalue weighted by molar-refractivity contribution is 5.89. The fraction of sp³-hybridized carbons (Fsp3) is 0.100. The Balaban J connectivity index is 2.82. The van der Waals surface area contributed by atoms with Gasteiger partial charge in [0.25, 0.3) is 0 Å². The molecule has 0 spiro atoms. The molecule has 4 heteroatoms. The highest BCUT2D eigenvalue weighted by Gasteiger charge is 2.08. The van der Waals surface area contributed by atoms with Crippen LogP contribution in [0.25, 0.3) is 0 Å². The predicted octanol–water partition coefficient (Wildman–Crippen LogP) is 1.20. The number of benzene rings is 1. The van der Waals surface area contributed by atoms with Gasteiger partial charge in [0.15, 0.2) is 6.61 Å². The lowest BCUT2D eigenvalue weighted by Gasteiger charge is -2.02. The number of carbonyl (C=O) groups is 1. The average Bonchev–Trinajstić information content (AvgIpc) is 2.18. The summed E-state index contributed by atoms with van der Waals surface area (Å²) in [5, 5.41) is 0. The quantitative estimate of drug-likeness (QED) is 0.436. The predicted molar refractivity (Wildman–Crippen MR) is 49.9 cm³/mol. The SMILES string of the molecule is C#CCOC(=O)c1ccc(N)c(F)c1. The van der Waals surface area contributed by atoms with Gasteiger partial charge in [-0.05, 0) is 18.2 Å². The van der Waals surface area contributed by atoms with Crippen molar-refractivity contribution < 1.29 is 13.9 Å². The summed E-state index contributed by atoms with van der Waals surface area (Å²) >= 11 is 0. The van der Waals surface area contributed by atoms with E-state index in [1.54, 1.807) is 0 Å². The molecule has 0 saturated carbocycles. The Kier molecular flexibility index (Phi) is 3.08. The fourth-order valence-electron chi connectivity index (χ4n) is 0.845. The highest BCUT2D eigenvalue weighted by Crippen LogP contribution is 2.12. The Hall–Kier alpha value is -2.02. The molecule has 1 aromatic carbocycles. The van der Waals surface area contributed by atoms with Crippen molar-refractivity contribution in [3.8, 4) is 12.3 Å². The van der Waals surface area contributed by atoms with Crippen LogP contribution in [0.4, 0.5) is 10.1 Å². The summed E-state index contributed by atoms with van der Waals surface area (Å²) in [6.45, 7) is -0.134. The van der Waals surface area contributed by atoms with E-state index in [4.69, 9.17) is 12.2 Å². The second-order valence-electron chi connectivity index (χ2n) is 2.52. The Morgan fingerprint density at radius 2 is 2.36 bits per heavy atom. The third-order valence-corrected chi connectivity index (χ3v) is 1.52. The molecule has 14 heavy (non-hydrogen) atoms. The largest absolute Gasteiger partial charge is 0.449 e. The molecule has 72 valence electrons. The van der Waals surface area contributed by atoms with Crippen LogP contribution in [-0.4, -0.2) is 12.6 Å². The van der Waals surface area contributed by atoms with Crippen LogP contribution in [-0.2, 0) is 4.74 Å². The highest BCUT2D eigenvalue weighted by atomic mass is 19.1. The summed E-state index contributed by atoms with van der Waals surface area (Å²) in [6, 6.07) is 3.67. The zero-order valence-electron chi connectivity index (χ0n) is 7.29. The van der Waals surface area contributed by atoms with E-state index >= 15 is 0 Å². The molecule has 0 aromatic heterocycles. The molecule has 0 heterocycles. The Bertz CT molecular complexity index is 396. The van der Waals surface area contributed by atoms with E-state index in [0.29, 0.717) is 0 Å². The third-order valence-electron chi connectivity index (χ3n) is 1.52. The maximum atomic E-state index is 12.9. The third kappa shape index (κ3) is 2.23. The van der Waals surface area contributed by atoms with Gasteiger partial charge in [-0.3, -0.25) is 0 Å². The summed E-state index contributed by atoms with van der Waals surface area (Å²) in [4.78, 5) is 11.1. The van der Waals surface area contributed by atoms with Gasteiger partial charge < -0.3 is 10.5 Å². The molecule has 0 unspecified atom stereocenters. The van der Waals surface area contributed by atoms with Crippen molar-refractivity contribution in [1.29, 1.82) is 0 Å². The van der Waals surface area contributed by atoms with Crippen LogP contribution >= 0.6 is 0 Å². The number of carbonyl (C=O) groups excluding carboxylic acids is 1. The van der Waals surface area contributed by atoms with Gasteiger partial charge >= 0.3 is 5.97 Å². The number of hydrogen-bond acceptors (Lipinski definition) is 3. The van der Waals surface area contributed by atoms with Gasteiger partial charge in [-0.25, -0.2) is 9.18 Å². The number of halogens is 1. The lowest BCUT2D eigenvalue weighted by Crippen LogP contribution is -2.06. The zero-order chi connectivity index (χ0) is 10.6. The van der Waals surface area contributed by atoms with Crippen molar-refractivity contribution >= 4 is 11.7 Å². The van der Waals surface area contributed by atoms with E-state index in [-0.39, 0.29) is 17.9 Å². The van der Waals surface area contributed by atoms with E-state index in [2.05, 4.69) is 10.7 Å². The minimum absolute atomic E-state index is 0.0153. The first-order chi connectivity index (χ1) is 6.65. The molecule has 0 bridgehead atoms. The van der Waals surface area contributed by atoms with E-state index in [9.17, 15) is 9.18 Å². The normalized spacial score (nSPS) is 9.14. The molecular weight excluding hydrogens is 185 g/mol. The van der Waals surface area contributed by atoms with E-state index < -0.39 is 11.8 Å². The second kappa shape index (κ2) is 4.28. The zero-order valence-corrected chi connectivity index (χ0v) is 7.29. The summed E-state index contributed by atoms with van der Waals surface area (Å²) in [7, 11) is 0. The minimum atomic E-state index is -0.665. The van der Waals surface area contributed by atoms with Gasteiger partial charge in [-0.1, -0.05) is 5.92 Å². The van der Waals surface area contributed by atoms with Gasteiger partial charge in [0, 0.05) is 0 Å². The number of nitrogens with two attached hydrogens (primary N) is 1. The van der Waals surface area contributed by atoms with Crippen LogP contribution in [0.5, 0.6) is 0 Å². The number of ether oxygens (including phenoxy) is 1. The summed E-state index contributed by atoms with van der Waals surface area (Å²) < 4.78 is 17.5. The summed E-state index contributed by atoms with van der Waals surface area (Å²) in [5.74, 6) is 0.815. The van der Waals surface area contributed by atoms with Crippen LogP contribution in [0, 0.1) is 18.2 Å². The molecule has 0 aliphatic carbocycles. The summed E-state index contributed by atoms with van der Waals surface area (Å²) in [5.41, 5.74) is 5.30. The van der Waals surface area contributed by atoms with Gasteiger partial charge in [0.2, 0.25) is 0 Å². The molecule has 0 radical (unpaired) electrons. The second-order valence-corrected chi connectivity index (χ2v) is 2.52. The van der Waals surface area contributed by atoms with Gasteiger partial charge in [-0.2, -0.15) is 0 Å². The number of nitrogen functional groups attached to an aromatic ring is 1. The first-order valence-electron chi connectivity index (χ1n) is 3.80. The molecule has 0 amide bonds. The molecule has 0 atom stereocenters. The minimum Gasteiger partial charge on any atom is -0.449 e. The van der Waals surface area contributed by atoms with Crippen molar-refractivity contribution in [1.82, 2.24) is 0 Å². The van der Waals surface area contributed by atoms with E-state index in [0.717, 1.165) is 6.07 Å². The molecule has 1 rings (SSSR count). The lowest BCUT2D eigenvalue weighted by atomic mass is 10.2. The maximum absolute atomic E-state index is 12.9. The molecule has 2 N–H and O–H groups in total.